The number of nitrogens with zero attached hydrogens (tertiary/aromatic N) is 4. The average Bonchev–Trinajstić information content (AvgIpc) is 3.22. The van der Waals surface area contributed by atoms with Gasteiger partial charge in [-0.25, -0.2) is 4.98 Å². The van der Waals surface area contributed by atoms with Gasteiger partial charge in [0.25, 0.3) is 0 Å². The molecule has 0 bridgehead atoms. The minimum Gasteiger partial charge on any atom is -0.338 e. The molecule has 2 aromatic heterocycles. The smallest absolute Gasteiger partial charge is 0.233 e. The van der Waals surface area contributed by atoms with Crippen LogP contribution in [0.4, 0.5) is 0 Å². The first kappa shape index (κ1) is 17.5. The fraction of sp³-hybridized carbons (Fsp3) is 0.200. The number of H-pyrrole nitrogens is 1. The Labute approximate surface area is 161 Å². The van der Waals surface area contributed by atoms with Crippen LogP contribution in [0.2, 0.25) is 0 Å². The van der Waals surface area contributed by atoms with Gasteiger partial charge in [-0.05, 0) is 29.7 Å². The number of aromatic nitrogens is 4. The Hall–Kier alpha value is -2.93. The number of hydrogen-bond acceptors (Lipinski definition) is 5. The molecule has 0 spiro atoms. The van der Waals surface area contributed by atoms with Gasteiger partial charge in [-0.1, -0.05) is 48.2 Å². The van der Waals surface area contributed by atoms with Crippen molar-refractivity contribution in [3.8, 4) is 11.4 Å². The lowest BCUT2D eigenvalue weighted by molar-refractivity contribution is -0.127. The van der Waals surface area contributed by atoms with Crippen molar-refractivity contribution in [3.05, 3.63) is 66.5 Å². The number of nitrogens with one attached hydrogen (secondary N) is 1. The number of thioether (sulfide) groups is 1. The monoisotopic (exact) mass is 377 g/mol. The molecule has 7 heteroatoms. The molecule has 1 N–H and O–H groups in total. The fourth-order valence-electron chi connectivity index (χ4n) is 2.98. The minimum absolute atomic E-state index is 0.110. The summed E-state index contributed by atoms with van der Waals surface area (Å²) in [6.45, 7) is 1.40. The van der Waals surface area contributed by atoms with Gasteiger partial charge in [0, 0.05) is 31.0 Å². The van der Waals surface area contributed by atoms with E-state index in [1.807, 2.05) is 35.2 Å². The first-order valence-electron chi connectivity index (χ1n) is 8.77. The molecule has 0 atom stereocenters. The lowest BCUT2D eigenvalue weighted by Gasteiger charge is -2.26. The summed E-state index contributed by atoms with van der Waals surface area (Å²) in [6.07, 6.45) is 6.45. The standard InChI is InChI=1S/C20H19N5OS/c26-18(25-12-8-16(9-13-25)15-4-2-1-3-5-15)14-27-20-22-19(23-24-20)17-6-10-21-11-7-17/h1-8,10-11H,9,12-14H2,(H,22,23,24). The maximum absolute atomic E-state index is 12.5. The third-order valence-corrected chi connectivity index (χ3v) is 5.28. The lowest BCUT2D eigenvalue weighted by atomic mass is 10.00. The van der Waals surface area contributed by atoms with Crippen LogP contribution in [0.5, 0.6) is 0 Å². The highest BCUT2D eigenvalue weighted by Gasteiger charge is 2.18. The van der Waals surface area contributed by atoms with Crippen molar-refractivity contribution in [2.24, 2.45) is 0 Å². The molecular formula is C20H19N5OS. The summed E-state index contributed by atoms with van der Waals surface area (Å²) < 4.78 is 0. The Morgan fingerprint density at radius 2 is 1.93 bits per heavy atom. The topological polar surface area (TPSA) is 74.8 Å². The van der Waals surface area contributed by atoms with Crippen LogP contribution in [0.1, 0.15) is 12.0 Å². The Bertz CT molecular complexity index is 939. The minimum atomic E-state index is 0.110. The zero-order chi connectivity index (χ0) is 18.5. The quantitative estimate of drug-likeness (QED) is 0.691. The third kappa shape index (κ3) is 4.25. The van der Waals surface area contributed by atoms with Crippen molar-refractivity contribution in [1.82, 2.24) is 25.1 Å². The summed E-state index contributed by atoms with van der Waals surface area (Å²) in [7, 11) is 0. The van der Waals surface area contributed by atoms with Crippen LogP contribution in [0.25, 0.3) is 17.0 Å². The molecular weight excluding hydrogens is 358 g/mol. The summed E-state index contributed by atoms with van der Waals surface area (Å²) >= 11 is 1.35. The number of aromatic amines is 1. The van der Waals surface area contributed by atoms with Crippen molar-refractivity contribution in [2.75, 3.05) is 18.8 Å². The number of amides is 1. The summed E-state index contributed by atoms with van der Waals surface area (Å²) in [5.41, 5.74) is 3.47. The Morgan fingerprint density at radius 3 is 2.67 bits per heavy atom. The van der Waals surface area contributed by atoms with Crippen molar-refractivity contribution >= 4 is 23.2 Å². The number of carbonyl (C=O) groups is 1. The van der Waals surface area contributed by atoms with E-state index in [4.69, 9.17) is 0 Å². The van der Waals surface area contributed by atoms with Gasteiger partial charge < -0.3 is 4.90 Å². The van der Waals surface area contributed by atoms with Gasteiger partial charge in [-0.3, -0.25) is 14.9 Å². The van der Waals surface area contributed by atoms with Crippen LogP contribution in [-0.4, -0.2) is 49.8 Å². The van der Waals surface area contributed by atoms with Crippen LogP contribution in [0, 0.1) is 0 Å². The van der Waals surface area contributed by atoms with Crippen molar-refractivity contribution in [1.29, 1.82) is 0 Å². The molecule has 1 aliphatic rings. The van der Waals surface area contributed by atoms with E-state index in [9.17, 15) is 4.79 Å². The normalized spacial score (nSPS) is 14.1. The number of carbonyl (C=O) groups excluding carboxylic acids is 1. The summed E-state index contributed by atoms with van der Waals surface area (Å²) in [4.78, 5) is 22.8. The number of rotatable bonds is 5. The van der Waals surface area contributed by atoms with Gasteiger partial charge in [0.1, 0.15) is 0 Å². The second kappa shape index (κ2) is 8.18. The van der Waals surface area contributed by atoms with Gasteiger partial charge in [-0.15, -0.1) is 5.10 Å². The largest absolute Gasteiger partial charge is 0.338 e. The highest BCUT2D eigenvalue weighted by atomic mass is 32.2. The predicted molar refractivity (Wildman–Crippen MR) is 106 cm³/mol. The molecule has 3 aromatic rings. The highest BCUT2D eigenvalue weighted by molar-refractivity contribution is 7.99. The van der Waals surface area contributed by atoms with Crippen LogP contribution in [-0.2, 0) is 4.79 Å². The first-order chi connectivity index (χ1) is 13.3. The van der Waals surface area contributed by atoms with E-state index in [-0.39, 0.29) is 5.91 Å². The van der Waals surface area contributed by atoms with Crippen LogP contribution >= 0.6 is 11.8 Å². The molecule has 1 aliphatic heterocycles. The third-order valence-electron chi connectivity index (χ3n) is 4.45. The Balaban J connectivity index is 1.32. The highest BCUT2D eigenvalue weighted by Crippen LogP contribution is 2.23. The van der Waals surface area contributed by atoms with Gasteiger partial charge in [0.05, 0.1) is 5.75 Å². The van der Waals surface area contributed by atoms with E-state index in [2.05, 4.69) is 38.4 Å². The summed E-state index contributed by atoms with van der Waals surface area (Å²) in [6, 6.07) is 14.1. The fourth-order valence-corrected chi connectivity index (χ4v) is 3.68. The van der Waals surface area contributed by atoms with Crippen LogP contribution < -0.4 is 0 Å². The molecule has 6 nitrogen and oxygen atoms in total. The van der Waals surface area contributed by atoms with Gasteiger partial charge in [0.15, 0.2) is 5.82 Å². The van der Waals surface area contributed by atoms with Gasteiger partial charge in [-0.2, -0.15) is 0 Å². The molecule has 0 saturated carbocycles. The molecule has 27 heavy (non-hydrogen) atoms. The molecule has 136 valence electrons. The molecule has 0 saturated heterocycles. The van der Waals surface area contributed by atoms with Gasteiger partial charge >= 0.3 is 0 Å². The summed E-state index contributed by atoms with van der Waals surface area (Å²) in [5, 5.41) is 7.67. The zero-order valence-corrected chi connectivity index (χ0v) is 15.5. The first-order valence-corrected chi connectivity index (χ1v) is 9.76. The second-order valence-corrected chi connectivity index (χ2v) is 7.12. The molecule has 4 rings (SSSR count). The number of hydrogen-bond donors (Lipinski definition) is 1. The summed E-state index contributed by atoms with van der Waals surface area (Å²) in [5.74, 6) is 1.13. The van der Waals surface area contributed by atoms with Gasteiger partial charge in [0.2, 0.25) is 11.1 Å². The molecule has 0 unspecified atom stereocenters. The lowest BCUT2D eigenvalue weighted by Crippen LogP contribution is -2.35. The van der Waals surface area contributed by atoms with Crippen molar-refractivity contribution in [2.45, 2.75) is 11.6 Å². The average molecular weight is 377 g/mol. The van der Waals surface area contributed by atoms with E-state index in [0.29, 0.717) is 23.3 Å². The molecule has 0 fully saturated rings. The maximum atomic E-state index is 12.5. The van der Waals surface area contributed by atoms with E-state index in [1.165, 1.54) is 22.9 Å². The van der Waals surface area contributed by atoms with Crippen LogP contribution in [0.15, 0.2) is 66.1 Å². The number of pyridine rings is 1. The molecule has 3 heterocycles. The van der Waals surface area contributed by atoms with E-state index in [1.54, 1.807) is 12.4 Å². The molecule has 0 radical (unpaired) electrons. The Morgan fingerprint density at radius 1 is 1.11 bits per heavy atom. The number of benzene rings is 1. The van der Waals surface area contributed by atoms with E-state index < -0.39 is 0 Å². The molecule has 1 amide bonds. The zero-order valence-electron chi connectivity index (χ0n) is 14.7. The predicted octanol–water partition coefficient (Wildman–Crippen LogP) is 3.27. The Kier molecular flexibility index (Phi) is 5.29. The van der Waals surface area contributed by atoms with E-state index >= 15 is 0 Å². The van der Waals surface area contributed by atoms with Crippen molar-refractivity contribution in [3.63, 3.8) is 0 Å². The second-order valence-electron chi connectivity index (χ2n) is 6.18. The molecule has 1 aromatic carbocycles. The SMILES string of the molecule is O=C(CSc1n[nH]c(-c2ccncc2)n1)N1CC=C(c2ccccc2)CC1. The molecule has 0 aliphatic carbocycles. The van der Waals surface area contributed by atoms with Crippen LogP contribution in [0.3, 0.4) is 0 Å². The van der Waals surface area contributed by atoms with E-state index in [0.717, 1.165) is 18.5 Å². The maximum Gasteiger partial charge on any atom is 0.233 e. The van der Waals surface area contributed by atoms with Crippen molar-refractivity contribution < 1.29 is 4.79 Å².